The van der Waals surface area contributed by atoms with E-state index in [-0.39, 0.29) is 6.03 Å². The highest BCUT2D eigenvalue weighted by atomic mass is 16.3. The number of benzene rings is 1. The predicted molar refractivity (Wildman–Crippen MR) is 113 cm³/mol. The maximum absolute atomic E-state index is 12.0. The first kappa shape index (κ1) is 19.7. The molecule has 3 rings (SSSR count). The Labute approximate surface area is 165 Å². The fraction of sp³-hybridized carbons (Fsp3) is 0.333. The van der Waals surface area contributed by atoms with Crippen molar-refractivity contribution in [3.05, 3.63) is 48.8 Å². The monoisotopic (exact) mass is 381 g/mol. The van der Waals surface area contributed by atoms with Crippen LogP contribution in [0.2, 0.25) is 0 Å². The average Bonchev–Trinajstić information content (AvgIpc) is 3.10. The van der Waals surface area contributed by atoms with Crippen molar-refractivity contribution in [3.8, 4) is 0 Å². The van der Waals surface area contributed by atoms with Crippen molar-refractivity contribution in [2.45, 2.75) is 25.9 Å². The molecule has 0 atom stereocenters. The molecule has 3 aromatic rings. The first-order valence-corrected chi connectivity index (χ1v) is 9.29. The molecule has 7 heteroatoms. The number of amides is 1. The van der Waals surface area contributed by atoms with Gasteiger partial charge in [0.05, 0.1) is 11.1 Å². The molecular formula is C21H27N5O2. The number of hydrogen-bond acceptors (Lipinski definition) is 5. The summed E-state index contributed by atoms with van der Waals surface area (Å²) in [4.78, 5) is 18.5. The largest absolute Gasteiger partial charge is 0.390 e. The highest BCUT2D eigenvalue weighted by Gasteiger charge is 2.18. The first-order chi connectivity index (χ1) is 13.3. The minimum Gasteiger partial charge on any atom is -0.390 e. The van der Waals surface area contributed by atoms with Crippen molar-refractivity contribution in [2.75, 3.05) is 30.9 Å². The fourth-order valence-corrected chi connectivity index (χ4v) is 3.11. The van der Waals surface area contributed by atoms with Gasteiger partial charge < -0.3 is 20.6 Å². The summed E-state index contributed by atoms with van der Waals surface area (Å²) in [6, 6.07) is 11.7. The summed E-state index contributed by atoms with van der Waals surface area (Å²) in [5.41, 5.74) is 2.04. The number of hydrogen-bond donors (Lipinski definition) is 3. The Morgan fingerprint density at radius 2 is 1.93 bits per heavy atom. The van der Waals surface area contributed by atoms with Crippen LogP contribution in [0.1, 0.15) is 20.3 Å². The van der Waals surface area contributed by atoms with Crippen LogP contribution in [0.25, 0.3) is 10.9 Å². The normalized spacial score (nSPS) is 11.5. The maximum atomic E-state index is 12.0. The highest BCUT2D eigenvalue weighted by Crippen LogP contribution is 2.31. The van der Waals surface area contributed by atoms with Crippen molar-refractivity contribution in [2.24, 2.45) is 0 Å². The van der Waals surface area contributed by atoms with Gasteiger partial charge in [-0.05, 0) is 50.6 Å². The van der Waals surface area contributed by atoms with E-state index in [4.69, 9.17) is 0 Å². The van der Waals surface area contributed by atoms with Crippen molar-refractivity contribution >= 4 is 34.1 Å². The summed E-state index contributed by atoms with van der Waals surface area (Å²) in [5.74, 6) is 0.776. The summed E-state index contributed by atoms with van der Waals surface area (Å²) < 4.78 is 1.59. The molecule has 0 saturated carbocycles. The second-order valence-electron chi connectivity index (χ2n) is 7.35. The second-order valence-corrected chi connectivity index (χ2v) is 7.35. The number of pyridine rings is 1. The molecule has 0 spiro atoms. The van der Waals surface area contributed by atoms with Crippen LogP contribution in [-0.2, 0) is 0 Å². The molecule has 0 fully saturated rings. The third-order valence-corrected chi connectivity index (χ3v) is 4.68. The second kappa shape index (κ2) is 7.90. The van der Waals surface area contributed by atoms with Gasteiger partial charge in [0.1, 0.15) is 5.82 Å². The number of carbonyl (C=O) groups excluding carboxylic acids is 1. The molecule has 0 aliphatic carbocycles. The smallest absolute Gasteiger partial charge is 0.325 e. The molecule has 0 radical (unpaired) electrons. The maximum Gasteiger partial charge on any atom is 0.325 e. The molecule has 148 valence electrons. The number of nitrogens with one attached hydrogen (secondary N) is 2. The van der Waals surface area contributed by atoms with E-state index in [9.17, 15) is 9.90 Å². The van der Waals surface area contributed by atoms with E-state index < -0.39 is 5.60 Å². The Kier molecular flexibility index (Phi) is 5.56. The average molecular weight is 381 g/mol. The molecule has 3 N–H and O–H groups in total. The molecule has 0 saturated heterocycles. The molecule has 1 amide bonds. The Balaban J connectivity index is 2.02. The van der Waals surface area contributed by atoms with E-state index in [2.05, 4.69) is 26.6 Å². The van der Waals surface area contributed by atoms with Gasteiger partial charge in [-0.1, -0.05) is 0 Å². The Bertz CT molecular complexity index is 974. The lowest BCUT2D eigenvalue weighted by atomic mass is 10.0. The number of aromatic nitrogens is 2. The summed E-state index contributed by atoms with van der Waals surface area (Å²) >= 11 is 0. The van der Waals surface area contributed by atoms with Crippen molar-refractivity contribution in [1.82, 2.24) is 14.9 Å². The van der Waals surface area contributed by atoms with E-state index in [1.807, 2.05) is 51.2 Å². The number of aliphatic hydroxyl groups is 1. The number of anilines is 3. The molecule has 1 aromatic carbocycles. The topological polar surface area (TPSA) is 82.4 Å². The molecular weight excluding hydrogens is 354 g/mol. The third kappa shape index (κ3) is 4.26. The highest BCUT2D eigenvalue weighted by molar-refractivity contribution is 5.93. The van der Waals surface area contributed by atoms with Gasteiger partial charge >= 0.3 is 6.03 Å². The zero-order valence-corrected chi connectivity index (χ0v) is 16.7. The standard InChI is InChI=1S/C21H27N5O2/c1-21(2,28)9-12-25(17-7-10-24-19(14-17)22-3)16-5-6-18-15(13-16)8-11-26(18)20(27)23-4/h5-8,10-11,13-14,28H,9,12H2,1-4H3,(H,22,24)(H,23,27). The third-order valence-electron chi connectivity index (χ3n) is 4.68. The van der Waals surface area contributed by atoms with E-state index in [0.29, 0.717) is 13.0 Å². The quantitative estimate of drug-likeness (QED) is 0.608. The molecule has 2 heterocycles. The molecule has 0 unspecified atom stereocenters. The van der Waals surface area contributed by atoms with E-state index >= 15 is 0 Å². The molecule has 0 aliphatic rings. The van der Waals surface area contributed by atoms with Gasteiger partial charge in [-0.3, -0.25) is 4.57 Å². The number of carbonyl (C=O) groups is 1. The van der Waals surface area contributed by atoms with Gasteiger partial charge in [-0.15, -0.1) is 0 Å². The van der Waals surface area contributed by atoms with Crippen LogP contribution in [-0.4, -0.2) is 46.9 Å². The van der Waals surface area contributed by atoms with Gasteiger partial charge in [0.2, 0.25) is 0 Å². The summed E-state index contributed by atoms with van der Waals surface area (Å²) in [5, 5.41) is 16.9. The van der Waals surface area contributed by atoms with E-state index in [1.165, 1.54) is 0 Å². The van der Waals surface area contributed by atoms with Crippen molar-refractivity contribution < 1.29 is 9.90 Å². The van der Waals surface area contributed by atoms with Gasteiger partial charge in [0, 0.05) is 55.9 Å². The number of fused-ring (bicyclic) bond motifs is 1. The van der Waals surface area contributed by atoms with Gasteiger partial charge in [0.25, 0.3) is 0 Å². The number of nitrogens with zero attached hydrogens (tertiary/aromatic N) is 3. The molecule has 7 nitrogen and oxygen atoms in total. The predicted octanol–water partition coefficient (Wildman–Crippen LogP) is 3.56. The lowest BCUT2D eigenvalue weighted by molar-refractivity contribution is 0.0737. The van der Waals surface area contributed by atoms with Crippen LogP contribution in [0.4, 0.5) is 22.0 Å². The van der Waals surface area contributed by atoms with Gasteiger partial charge in [0.15, 0.2) is 0 Å². The Morgan fingerprint density at radius 3 is 2.61 bits per heavy atom. The fourth-order valence-electron chi connectivity index (χ4n) is 3.11. The van der Waals surface area contributed by atoms with Gasteiger partial charge in [-0.25, -0.2) is 9.78 Å². The molecule has 0 aliphatic heterocycles. The lowest BCUT2D eigenvalue weighted by Crippen LogP contribution is -2.28. The SMILES string of the molecule is CNC(=O)n1ccc2cc(N(CCC(C)(C)O)c3ccnc(NC)c3)ccc21. The van der Waals surface area contributed by atoms with Crippen LogP contribution in [0, 0.1) is 0 Å². The summed E-state index contributed by atoms with van der Waals surface area (Å²) in [6.45, 7) is 4.26. The van der Waals surface area contributed by atoms with Crippen LogP contribution >= 0.6 is 0 Å². The van der Waals surface area contributed by atoms with E-state index in [1.54, 1.807) is 24.0 Å². The van der Waals surface area contributed by atoms with Crippen molar-refractivity contribution in [3.63, 3.8) is 0 Å². The Morgan fingerprint density at radius 1 is 1.18 bits per heavy atom. The minimum absolute atomic E-state index is 0.172. The zero-order chi connectivity index (χ0) is 20.3. The van der Waals surface area contributed by atoms with Crippen LogP contribution < -0.4 is 15.5 Å². The van der Waals surface area contributed by atoms with Gasteiger partial charge in [-0.2, -0.15) is 0 Å². The number of rotatable bonds is 6. The zero-order valence-electron chi connectivity index (χ0n) is 16.7. The summed E-state index contributed by atoms with van der Waals surface area (Å²) in [6.07, 6.45) is 4.13. The molecule has 2 aromatic heterocycles. The first-order valence-electron chi connectivity index (χ1n) is 9.29. The van der Waals surface area contributed by atoms with Crippen LogP contribution in [0.5, 0.6) is 0 Å². The van der Waals surface area contributed by atoms with Crippen molar-refractivity contribution in [1.29, 1.82) is 0 Å². The molecule has 0 bridgehead atoms. The van der Waals surface area contributed by atoms with Crippen LogP contribution in [0.15, 0.2) is 48.8 Å². The van der Waals surface area contributed by atoms with E-state index in [0.717, 1.165) is 28.1 Å². The van der Waals surface area contributed by atoms with Crippen LogP contribution in [0.3, 0.4) is 0 Å². The lowest BCUT2D eigenvalue weighted by Gasteiger charge is -2.28. The summed E-state index contributed by atoms with van der Waals surface area (Å²) in [7, 11) is 3.45. The molecule has 28 heavy (non-hydrogen) atoms. The minimum atomic E-state index is -0.774. The Hall–Kier alpha value is -3.06.